The number of benzene rings is 2. The summed E-state index contributed by atoms with van der Waals surface area (Å²) in [6, 6.07) is 15.9. The highest BCUT2D eigenvalue weighted by Gasteiger charge is 2.40. The van der Waals surface area contributed by atoms with Gasteiger partial charge in [-0.15, -0.1) is 0 Å². The van der Waals surface area contributed by atoms with Crippen LogP contribution in [0.5, 0.6) is 0 Å². The van der Waals surface area contributed by atoms with Gasteiger partial charge in [-0.3, -0.25) is 9.69 Å². The normalized spacial score (nSPS) is 17.2. The van der Waals surface area contributed by atoms with E-state index in [-0.39, 0.29) is 11.6 Å². The number of carbonyl (C=O) groups excluding carboxylic acids is 1. The summed E-state index contributed by atoms with van der Waals surface area (Å²) in [5.41, 5.74) is -0.202. The van der Waals surface area contributed by atoms with Gasteiger partial charge in [0, 0.05) is 24.7 Å². The number of carbonyl (C=O) groups is 1. The lowest BCUT2D eigenvalue weighted by Crippen LogP contribution is -2.40. The fourth-order valence-corrected chi connectivity index (χ4v) is 4.33. The number of hydrogen-bond acceptors (Lipinski definition) is 3. The number of amides is 1. The number of aromatic nitrogens is 2. The van der Waals surface area contributed by atoms with Crippen molar-refractivity contribution in [3.8, 4) is 5.69 Å². The molecule has 1 N–H and O–H groups in total. The molecule has 0 radical (unpaired) electrons. The monoisotopic (exact) mass is 476 g/mol. The van der Waals surface area contributed by atoms with E-state index in [4.69, 9.17) is 11.6 Å². The first-order valence-corrected chi connectivity index (χ1v) is 11.1. The van der Waals surface area contributed by atoms with E-state index in [1.807, 2.05) is 18.2 Å². The molecule has 2 aromatic carbocycles. The lowest BCUT2D eigenvalue weighted by atomic mass is 9.97. The molecule has 174 valence electrons. The van der Waals surface area contributed by atoms with Crippen LogP contribution in [0.2, 0.25) is 5.02 Å². The second-order valence-electron chi connectivity index (χ2n) is 8.23. The largest absolute Gasteiger partial charge is 0.434 e. The molecule has 1 aliphatic rings. The second kappa shape index (κ2) is 9.97. The summed E-state index contributed by atoms with van der Waals surface area (Å²) in [6.07, 6.45) is -1.88. The first-order chi connectivity index (χ1) is 15.8. The van der Waals surface area contributed by atoms with Crippen LogP contribution in [0, 0.1) is 5.92 Å². The predicted molar refractivity (Wildman–Crippen MR) is 120 cm³/mol. The Hall–Kier alpha value is -2.84. The molecule has 4 rings (SSSR count). The standard InChI is InChI=1S/C24H24ClF3N4O/c25-19-8-10-20(11-9-19)32-22(24(26,27)28)21(14-30-32)23(33)29-13-18-7-4-12-31(16-18)15-17-5-2-1-3-6-17/h1-3,5-6,8-11,14,18H,4,7,12-13,15-16H2,(H,29,33). The molecule has 2 heterocycles. The summed E-state index contributed by atoms with van der Waals surface area (Å²) in [5.74, 6) is -0.602. The maximum absolute atomic E-state index is 13.8. The average Bonchev–Trinajstić information content (AvgIpc) is 3.25. The van der Waals surface area contributed by atoms with E-state index in [2.05, 4.69) is 27.4 Å². The molecule has 3 aromatic rings. The van der Waals surface area contributed by atoms with Gasteiger partial charge in [0.05, 0.1) is 17.4 Å². The second-order valence-corrected chi connectivity index (χ2v) is 8.67. The van der Waals surface area contributed by atoms with E-state index >= 15 is 0 Å². The summed E-state index contributed by atoms with van der Waals surface area (Å²) in [5, 5.41) is 6.94. The minimum absolute atomic E-state index is 0.173. The Kier molecular flexibility index (Phi) is 7.05. The molecule has 9 heteroatoms. The number of halogens is 4. The summed E-state index contributed by atoms with van der Waals surface area (Å²) in [6.45, 7) is 2.88. The molecule has 1 unspecified atom stereocenters. The molecule has 1 aliphatic heterocycles. The van der Waals surface area contributed by atoms with Crippen molar-refractivity contribution < 1.29 is 18.0 Å². The fourth-order valence-electron chi connectivity index (χ4n) is 4.20. The SMILES string of the molecule is O=C(NCC1CCCN(Cc2ccccc2)C1)c1cnn(-c2ccc(Cl)cc2)c1C(F)(F)F. The van der Waals surface area contributed by atoms with Gasteiger partial charge in [-0.25, -0.2) is 4.68 Å². The van der Waals surface area contributed by atoms with E-state index in [0.29, 0.717) is 11.6 Å². The molecule has 0 spiro atoms. The molecule has 0 saturated carbocycles. The molecular formula is C24H24ClF3N4O. The third kappa shape index (κ3) is 5.75. The fraction of sp³-hybridized carbons (Fsp3) is 0.333. The van der Waals surface area contributed by atoms with E-state index in [9.17, 15) is 18.0 Å². The van der Waals surface area contributed by atoms with Crippen molar-refractivity contribution in [3.63, 3.8) is 0 Å². The molecule has 0 bridgehead atoms. The van der Waals surface area contributed by atoms with E-state index < -0.39 is 23.3 Å². The Morgan fingerprint density at radius 2 is 1.85 bits per heavy atom. The number of nitrogens with one attached hydrogen (secondary N) is 1. The zero-order valence-electron chi connectivity index (χ0n) is 17.9. The van der Waals surface area contributed by atoms with Crippen LogP contribution in [0.3, 0.4) is 0 Å². The first kappa shape index (κ1) is 23.3. The first-order valence-electron chi connectivity index (χ1n) is 10.8. The van der Waals surface area contributed by atoms with Crippen molar-refractivity contribution in [3.05, 3.63) is 82.6 Å². The van der Waals surface area contributed by atoms with Crippen molar-refractivity contribution in [2.75, 3.05) is 19.6 Å². The summed E-state index contributed by atoms with van der Waals surface area (Å²) in [7, 11) is 0. The lowest BCUT2D eigenvalue weighted by Gasteiger charge is -2.32. The third-order valence-electron chi connectivity index (χ3n) is 5.76. The zero-order valence-corrected chi connectivity index (χ0v) is 18.6. The molecule has 1 fully saturated rings. The number of rotatable bonds is 6. The molecule has 33 heavy (non-hydrogen) atoms. The highest BCUT2D eigenvalue weighted by Crippen LogP contribution is 2.34. The van der Waals surface area contributed by atoms with Gasteiger partial charge in [-0.05, 0) is 55.1 Å². The summed E-state index contributed by atoms with van der Waals surface area (Å²) in [4.78, 5) is 15.0. The maximum atomic E-state index is 13.8. The van der Waals surface area contributed by atoms with Gasteiger partial charge in [0.15, 0.2) is 5.69 Å². The highest BCUT2D eigenvalue weighted by atomic mass is 35.5. The number of hydrogen-bond donors (Lipinski definition) is 1. The molecule has 1 atom stereocenters. The van der Waals surface area contributed by atoms with E-state index in [1.165, 1.54) is 29.8 Å². The highest BCUT2D eigenvalue weighted by molar-refractivity contribution is 6.30. The number of alkyl halides is 3. The average molecular weight is 477 g/mol. The van der Waals surface area contributed by atoms with Crippen LogP contribution in [0.4, 0.5) is 13.2 Å². The Bertz CT molecular complexity index is 1080. The van der Waals surface area contributed by atoms with Gasteiger partial charge in [-0.2, -0.15) is 18.3 Å². The van der Waals surface area contributed by atoms with Gasteiger partial charge in [-0.1, -0.05) is 41.9 Å². The smallest absolute Gasteiger partial charge is 0.352 e. The van der Waals surface area contributed by atoms with Crippen LogP contribution in [0.1, 0.15) is 34.5 Å². The van der Waals surface area contributed by atoms with Crippen LogP contribution >= 0.6 is 11.6 Å². The predicted octanol–water partition coefficient (Wildman–Crippen LogP) is 5.19. The van der Waals surface area contributed by atoms with Crippen LogP contribution < -0.4 is 5.32 Å². The summed E-state index contributed by atoms with van der Waals surface area (Å²) < 4.78 is 42.3. The summed E-state index contributed by atoms with van der Waals surface area (Å²) >= 11 is 5.84. The topological polar surface area (TPSA) is 50.2 Å². The van der Waals surface area contributed by atoms with Crippen molar-refractivity contribution in [2.24, 2.45) is 5.92 Å². The number of likely N-dealkylation sites (tertiary alicyclic amines) is 1. The molecule has 1 saturated heterocycles. The third-order valence-corrected chi connectivity index (χ3v) is 6.01. The molecule has 5 nitrogen and oxygen atoms in total. The van der Waals surface area contributed by atoms with Crippen LogP contribution in [-0.2, 0) is 12.7 Å². The van der Waals surface area contributed by atoms with Crippen LogP contribution in [-0.4, -0.2) is 40.2 Å². The van der Waals surface area contributed by atoms with Crippen molar-refractivity contribution in [2.45, 2.75) is 25.6 Å². The lowest BCUT2D eigenvalue weighted by molar-refractivity contribution is -0.143. The minimum Gasteiger partial charge on any atom is -0.352 e. The van der Waals surface area contributed by atoms with Crippen molar-refractivity contribution in [1.29, 1.82) is 0 Å². The van der Waals surface area contributed by atoms with Crippen molar-refractivity contribution >= 4 is 17.5 Å². The molecule has 1 amide bonds. The van der Waals surface area contributed by atoms with Gasteiger partial charge in [0.2, 0.25) is 0 Å². The van der Waals surface area contributed by atoms with Crippen LogP contribution in [0.15, 0.2) is 60.8 Å². The molecule has 1 aromatic heterocycles. The van der Waals surface area contributed by atoms with Gasteiger partial charge < -0.3 is 5.32 Å². The number of piperidine rings is 1. The van der Waals surface area contributed by atoms with Gasteiger partial charge in [0.25, 0.3) is 5.91 Å². The minimum atomic E-state index is -4.75. The zero-order chi connectivity index (χ0) is 23.4. The molecule has 0 aliphatic carbocycles. The van der Waals surface area contributed by atoms with Gasteiger partial charge in [0.1, 0.15) is 0 Å². The maximum Gasteiger partial charge on any atom is 0.434 e. The van der Waals surface area contributed by atoms with Crippen LogP contribution in [0.25, 0.3) is 5.69 Å². The van der Waals surface area contributed by atoms with Gasteiger partial charge >= 0.3 is 6.18 Å². The number of nitrogens with zero attached hydrogens (tertiary/aromatic N) is 3. The quantitative estimate of drug-likeness (QED) is 0.533. The molecular weight excluding hydrogens is 453 g/mol. The Labute approximate surface area is 195 Å². The Morgan fingerprint density at radius 3 is 2.55 bits per heavy atom. The van der Waals surface area contributed by atoms with E-state index in [1.54, 1.807) is 0 Å². The Morgan fingerprint density at radius 1 is 1.12 bits per heavy atom. The van der Waals surface area contributed by atoms with E-state index in [0.717, 1.165) is 43.4 Å². The van der Waals surface area contributed by atoms with Crippen molar-refractivity contribution in [1.82, 2.24) is 20.0 Å². The Balaban J connectivity index is 1.43.